The van der Waals surface area contributed by atoms with Gasteiger partial charge in [0.15, 0.2) is 0 Å². The van der Waals surface area contributed by atoms with Crippen molar-refractivity contribution in [2.45, 2.75) is 11.3 Å². The van der Waals surface area contributed by atoms with Crippen LogP contribution in [0.25, 0.3) is 0 Å². The minimum Gasteiger partial charge on any atom is -0.326 e. The summed E-state index contributed by atoms with van der Waals surface area (Å²) >= 11 is 19.8. The van der Waals surface area contributed by atoms with Crippen molar-refractivity contribution in [3.8, 4) is 0 Å². The van der Waals surface area contributed by atoms with Crippen molar-refractivity contribution in [2.75, 3.05) is 9.62 Å². The van der Waals surface area contributed by atoms with Crippen LogP contribution in [0.3, 0.4) is 0 Å². The number of nitrogens with one attached hydrogen (secondary N) is 1. The maximum Gasteiger partial charge on any atom is 0.236 e. The first kappa shape index (κ1) is 18.5. The van der Waals surface area contributed by atoms with Crippen LogP contribution in [0, 0.1) is 0 Å². The van der Waals surface area contributed by atoms with Gasteiger partial charge in [-0.1, -0.05) is 46.9 Å². The first-order valence-electron chi connectivity index (χ1n) is 8.10. The SMILES string of the molecule is O=C1Cc2cc(NSc3cc(Cl)cc(Cl)c3)ccc2N1c1ccccc1Cl. The summed E-state index contributed by atoms with van der Waals surface area (Å²) in [6, 6.07) is 18.5. The fraction of sp³-hybridized carbons (Fsp3) is 0.0500. The van der Waals surface area contributed by atoms with Crippen molar-refractivity contribution >= 4 is 69.7 Å². The molecule has 1 N–H and O–H groups in total. The van der Waals surface area contributed by atoms with Crippen molar-refractivity contribution in [3.05, 3.63) is 81.3 Å². The minimum absolute atomic E-state index is 0.00419. The second-order valence-corrected chi connectivity index (χ2v) is 8.17. The first-order chi connectivity index (χ1) is 13.0. The summed E-state index contributed by atoms with van der Waals surface area (Å²) in [5.41, 5.74) is 3.40. The zero-order chi connectivity index (χ0) is 19.0. The second-order valence-electron chi connectivity index (χ2n) is 6.01. The molecular weight excluding hydrogens is 423 g/mol. The number of hydrogen-bond acceptors (Lipinski definition) is 3. The summed E-state index contributed by atoms with van der Waals surface area (Å²) in [4.78, 5) is 15.1. The number of amides is 1. The predicted octanol–water partition coefficient (Wildman–Crippen LogP) is 6.99. The number of para-hydroxylation sites is 1. The molecule has 3 aromatic rings. The third kappa shape index (κ3) is 3.90. The minimum atomic E-state index is 0.00419. The summed E-state index contributed by atoms with van der Waals surface area (Å²) < 4.78 is 3.27. The summed E-state index contributed by atoms with van der Waals surface area (Å²) in [6.45, 7) is 0. The Morgan fingerprint density at radius 3 is 2.37 bits per heavy atom. The molecule has 136 valence electrons. The summed E-state index contributed by atoms with van der Waals surface area (Å²) in [5, 5.41) is 1.72. The molecule has 0 bridgehead atoms. The molecule has 0 saturated carbocycles. The lowest BCUT2D eigenvalue weighted by Crippen LogP contribution is -2.21. The number of carbonyl (C=O) groups excluding carboxylic acids is 1. The standard InChI is InChI=1S/C20H13Cl3N2OS/c21-13-9-14(22)11-16(10-13)27-24-15-5-6-18-12(7-15)8-20(26)25(18)19-4-2-1-3-17(19)23/h1-7,9-11,24H,8H2. The average Bonchev–Trinajstić information content (AvgIpc) is 2.94. The molecule has 1 amide bonds. The molecule has 3 nitrogen and oxygen atoms in total. The van der Waals surface area contributed by atoms with Crippen LogP contribution in [0.1, 0.15) is 5.56 Å². The van der Waals surface area contributed by atoms with E-state index in [1.54, 1.807) is 17.0 Å². The Hall–Kier alpha value is -1.85. The van der Waals surface area contributed by atoms with Gasteiger partial charge in [0.25, 0.3) is 0 Å². The van der Waals surface area contributed by atoms with Crippen molar-refractivity contribution in [1.82, 2.24) is 0 Å². The van der Waals surface area contributed by atoms with Crippen LogP contribution in [-0.4, -0.2) is 5.91 Å². The third-order valence-electron chi connectivity index (χ3n) is 4.13. The van der Waals surface area contributed by atoms with Crippen LogP contribution in [0.2, 0.25) is 15.1 Å². The van der Waals surface area contributed by atoms with Crippen LogP contribution in [0.5, 0.6) is 0 Å². The molecule has 1 heterocycles. The second kappa shape index (κ2) is 7.64. The van der Waals surface area contributed by atoms with E-state index in [9.17, 15) is 4.79 Å². The summed E-state index contributed by atoms with van der Waals surface area (Å²) in [6.07, 6.45) is 0.337. The molecule has 1 aliphatic rings. The highest BCUT2D eigenvalue weighted by Gasteiger charge is 2.29. The molecule has 7 heteroatoms. The highest BCUT2D eigenvalue weighted by Crippen LogP contribution is 2.40. The highest BCUT2D eigenvalue weighted by atomic mass is 35.5. The lowest BCUT2D eigenvalue weighted by Gasteiger charge is -2.19. The molecule has 27 heavy (non-hydrogen) atoms. The number of hydrogen-bond donors (Lipinski definition) is 1. The quantitative estimate of drug-likeness (QED) is 0.448. The maximum absolute atomic E-state index is 12.6. The van der Waals surface area contributed by atoms with Crippen molar-refractivity contribution in [3.63, 3.8) is 0 Å². The van der Waals surface area contributed by atoms with Crippen LogP contribution in [-0.2, 0) is 11.2 Å². The fourth-order valence-electron chi connectivity index (χ4n) is 2.99. The Bertz CT molecular complexity index is 1020. The van der Waals surface area contributed by atoms with Crippen LogP contribution in [0.15, 0.2) is 65.6 Å². The molecule has 0 atom stereocenters. The van der Waals surface area contributed by atoms with E-state index < -0.39 is 0 Å². The van der Waals surface area contributed by atoms with E-state index in [4.69, 9.17) is 34.8 Å². The molecule has 3 aromatic carbocycles. The van der Waals surface area contributed by atoms with Gasteiger partial charge in [-0.3, -0.25) is 9.69 Å². The Balaban J connectivity index is 1.57. The van der Waals surface area contributed by atoms with Gasteiger partial charge >= 0.3 is 0 Å². The average molecular weight is 436 g/mol. The van der Waals surface area contributed by atoms with Gasteiger partial charge in [-0.05, 0) is 66.0 Å². The fourth-order valence-corrected chi connectivity index (χ4v) is 4.60. The Labute approximate surface area is 176 Å². The molecule has 0 fully saturated rings. The number of halogens is 3. The molecule has 0 unspecified atom stereocenters. The molecule has 4 rings (SSSR count). The molecule has 0 radical (unpaired) electrons. The zero-order valence-corrected chi connectivity index (χ0v) is 17.0. The van der Waals surface area contributed by atoms with Gasteiger partial charge in [-0.15, -0.1) is 0 Å². The highest BCUT2D eigenvalue weighted by molar-refractivity contribution is 8.00. The first-order valence-corrected chi connectivity index (χ1v) is 10.1. The Kier molecular flexibility index (Phi) is 5.24. The number of nitrogens with zero attached hydrogens (tertiary/aromatic N) is 1. The smallest absolute Gasteiger partial charge is 0.236 e. The molecular formula is C20H13Cl3N2OS. The molecule has 0 spiro atoms. The van der Waals surface area contributed by atoms with Crippen molar-refractivity contribution in [2.24, 2.45) is 0 Å². The van der Waals surface area contributed by atoms with E-state index in [-0.39, 0.29) is 5.91 Å². The van der Waals surface area contributed by atoms with E-state index in [1.165, 1.54) is 11.9 Å². The van der Waals surface area contributed by atoms with E-state index >= 15 is 0 Å². The van der Waals surface area contributed by atoms with Gasteiger partial charge in [-0.25, -0.2) is 0 Å². The van der Waals surface area contributed by atoms with Crippen LogP contribution < -0.4 is 9.62 Å². The molecule has 0 aromatic heterocycles. The number of rotatable bonds is 4. The van der Waals surface area contributed by atoms with E-state index in [1.807, 2.05) is 48.5 Å². The zero-order valence-electron chi connectivity index (χ0n) is 13.9. The normalized spacial score (nSPS) is 13.0. The van der Waals surface area contributed by atoms with Crippen molar-refractivity contribution in [1.29, 1.82) is 0 Å². The van der Waals surface area contributed by atoms with Gasteiger partial charge in [-0.2, -0.15) is 0 Å². The lowest BCUT2D eigenvalue weighted by molar-refractivity contribution is -0.116. The van der Waals surface area contributed by atoms with E-state index in [0.29, 0.717) is 27.2 Å². The summed E-state index contributed by atoms with van der Waals surface area (Å²) in [7, 11) is 0. The number of fused-ring (bicyclic) bond motifs is 1. The molecule has 0 saturated heterocycles. The third-order valence-corrected chi connectivity index (χ3v) is 5.69. The lowest BCUT2D eigenvalue weighted by atomic mass is 10.1. The van der Waals surface area contributed by atoms with Gasteiger partial charge in [0.2, 0.25) is 5.91 Å². The number of benzene rings is 3. The predicted molar refractivity (Wildman–Crippen MR) is 115 cm³/mol. The molecule has 1 aliphatic heterocycles. The van der Waals surface area contributed by atoms with Gasteiger partial charge in [0, 0.05) is 20.6 Å². The maximum atomic E-state index is 12.6. The monoisotopic (exact) mass is 434 g/mol. The van der Waals surface area contributed by atoms with Gasteiger partial charge in [0.05, 0.1) is 22.8 Å². The summed E-state index contributed by atoms with van der Waals surface area (Å²) in [5.74, 6) is 0.00419. The van der Waals surface area contributed by atoms with Gasteiger partial charge in [0.1, 0.15) is 0 Å². The van der Waals surface area contributed by atoms with E-state index in [2.05, 4.69) is 4.72 Å². The van der Waals surface area contributed by atoms with E-state index in [0.717, 1.165) is 21.8 Å². The van der Waals surface area contributed by atoms with Gasteiger partial charge < -0.3 is 4.72 Å². The largest absolute Gasteiger partial charge is 0.326 e. The topological polar surface area (TPSA) is 32.3 Å². The Morgan fingerprint density at radius 1 is 0.889 bits per heavy atom. The Morgan fingerprint density at radius 2 is 1.63 bits per heavy atom. The van der Waals surface area contributed by atoms with Crippen LogP contribution >= 0.6 is 46.8 Å². The number of carbonyl (C=O) groups is 1. The van der Waals surface area contributed by atoms with Crippen LogP contribution in [0.4, 0.5) is 17.1 Å². The van der Waals surface area contributed by atoms with Crippen molar-refractivity contribution < 1.29 is 4.79 Å². The molecule has 0 aliphatic carbocycles. The number of anilines is 3.